The van der Waals surface area contributed by atoms with Crippen LogP contribution in [0.15, 0.2) is 24.3 Å². The smallest absolute Gasteiger partial charge is 0.120 e. The molecule has 2 atom stereocenters. The van der Waals surface area contributed by atoms with E-state index >= 15 is 0 Å². The van der Waals surface area contributed by atoms with E-state index in [1.807, 2.05) is 18.2 Å². The van der Waals surface area contributed by atoms with E-state index in [2.05, 4.69) is 11.4 Å². The van der Waals surface area contributed by atoms with Crippen molar-refractivity contribution in [3.63, 3.8) is 0 Å². The first-order valence-corrected chi connectivity index (χ1v) is 5.22. The van der Waals surface area contributed by atoms with E-state index in [0.717, 1.165) is 24.9 Å². The number of aromatic hydroxyl groups is 1. The summed E-state index contributed by atoms with van der Waals surface area (Å²) in [5.41, 5.74) is 0.939. The average molecular weight is 202 g/mol. The lowest BCUT2D eigenvalue weighted by Gasteiger charge is -2.27. The van der Waals surface area contributed by atoms with Crippen LogP contribution in [0.5, 0.6) is 5.75 Å². The van der Waals surface area contributed by atoms with E-state index < -0.39 is 0 Å². The summed E-state index contributed by atoms with van der Waals surface area (Å²) in [4.78, 5) is 0. The molecule has 2 unspecified atom stereocenters. The summed E-state index contributed by atoms with van der Waals surface area (Å²) in [5.74, 6) is 0.456. The molecule has 15 heavy (non-hydrogen) atoms. The van der Waals surface area contributed by atoms with Crippen molar-refractivity contribution in [2.75, 3.05) is 6.54 Å². The Balaban J connectivity index is 2.08. The molecular formula is C12H14N2O. The van der Waals surface area contributed by atoms with Crippen LogP contribution in [-0.2, 0) is 0 Å². The molecule has 1 heterocycles. The number of benzene rings is 1. The zero-order chi connectivity index (χ0) is 10.7. The third kappa shape index (κ3) is 2.11. The van der Waals surface area contributed by atoms with Crippen molar-refractivity contribution in [1.82, 2.24) is 5.32 Å². The minimum Gasteiger partial charge on any atom is -0.508 e. The lowest BCUT2D eigenvalue weighted by atomic mass is 9.91. The number of hydrogen-bond acceptors (Lipinski definition) is 3. The van der Waals surface area contributed by atoms with Gasteiger partial charge in [-0.2, -0.15) is 5.26 Å². The molecule has 3 nitrogen and oxygen atoms in total. The third-order valence-corrected chi connectivity index (χ3v) is 2.91. The normalized spacial score (nSPS) is 25.8. The van der Waals surface area contributed by atoms with Gasteiger partial charge in [0.1, 0.15) is 5.75 Å². The van der Waals surface area contributed by atoms with E-state index in [9.17, 15) is 5.11 Å². The van der Waals surface area contributed by atoms with Crippen LogP contribution in [0.1, 0.15) is 24.4 Å². The van der Waals surface area contributed by atoms with E-state index in [1.165, 1.54) is 0 Å². The Morgan fingerprint density at radius 2 is 2.13 bits per heavy atom. The van der Waals surface area contributed by atoms with Gasteiger partial charge in [0.15, 0.2) is 0 Å². The van der Waals surface area contributed by atoms with E-state index in [-0.39, 0.29) is 12.0 Å². The number of piperidine rings is 1. The van der Waals surface area contributed by atoms with Gasteiger partial charge < -0.3 is 10.4 Å². The fourth-order valence-electron chi connectivity index (χ4n) is 2.01. The Labute approximate surface area is 89.4 Å². The second-order valence-corrected chi connectivity index (χ2v) is 3.92. The van der Waals surface area contributed by atoms with Crippen LogP contribution in [0.2, 0.25) is 0 Å². The summed E-state index contributed by atoms with van der Waals surface area (Å²) in [7, 11) is 0. The van der Waals surface area contributed by atoms with Gasteiger partial charge >= 0.3 is 0 Å². The molecule has 2 rings (SSSR count). The van der Waals surface area contributed by atoms with Gasteiger partial charge in [-0.15, -0.1) is 0 Å². The molecule has 1 aromatic carbocycles. The van der Waals surface area contributed by atoms with Gasteiger partial charge in [-0.3, -0.25) is 0 Å². The molecule has 1 saturated heterocycles. The van der Waals surface area contributed by atoms with Crippen molar-refractivity contribution in [3.8, 4) is 11.8 Å². The zero-order valence-corrected chi connectivity index (χ0v) is 8.48. The molecule has 3 heteroatoms. The van der Waals surface area contributed by atoms with Crippen LogP contribution in [-0.4, -0.2) is 11.7 Å². The third-order valence-electron chi connectivity index (χ3n) is 2.91. The molecule has 0 amide bonds. The fraction of sp³-hybridized carbons (Fsp3) is 0.417. The predicted molar refractivity (Wildman–Crippen MR) is 57.2 cm³/mol. The minimum atomic E-state index is 0.118. The molecule has 1 fully saturated rings. The summed E-state index contributed by atoms with van der Waals surface area (Å²) in [5, 5.41) is 21.7. The molecule has 0 bridgehead atoms. The van der Waals surface area contributed by atoms with Gasteiger partial charge in [0.25, 0.3) is 0 Å². The van der Waals surface area contributed by atoms with Crippen molar-refractivity contribution in [3.05, 3.63) is 29.8 Å². The van der Waals surface area contributed by atoms with Crippen LogP contribution in [0.3, 0.4) is 0 Å². The summed E-state index contributed by atoms with van der Waals surface area (Å²) in [6.45, 7) is 0.718. The maximum absolute atomic E-state index is 9.68. The minimum absolute atomic E-state index is 0.118. The largest absolute Gasteiger partial charge is 0.508 e. The van der Waals surface area contributed by atoms with Gasteiger partial charge in [-0.25, -0.2) is 0 Å². The lowest BCUT2D eigenvalue weighted by molar-refractivity contribution is 0.351. The summed E-state index contributed by atoms with van der Waals surface area (Å²) < 4.78 is 0. The maximum Gasteiger partial charge on any atom is 0.120 e. The highest BCUT2D eigenvalue weighted by molar-refractivity contribution is 5.34. The van der Waals surface area contributed by atoms with E-state index in [1.54, 1.807) is 6.07 Å². The second-order valence-electron chi connectivity index (χ2n) is 3.92. The van der Waals surface area contributed by atoms with Crippen LogP contribution < -0.4 is 5.32 Å². The zero-order valence-electron chi connectivity index (χ0n) is 8.48. The topological polar surface area (TPSA) is 56.0 Å². The Kier molecular flexibility index (Phi) is 2.89. The average Bonchev–Trinajstić information content (AvgIpc) is 2.30. The molecule has 1 aliphatic heterocycles. The van der Waals surface area contributed by atoms with Gasteiger partial charge in [-0.05, 0) is 18.9 Å². The highest BCUT2D eigenvalue weighted by atomic mass is 16.3. The molecule has 0 spiro atoms. The van der Waals surface area contributed by atoms with Gasteiger partial charge in [0, 0.05) is 18.2 Å². The Morgan fingerprint density at radius 3 is 2.73 bits per heavy atom. The van der Waals surface area contributed by atoms with Crippen LogP contribution >= 0.6 is 0 Å². The SMILES string of the molecule is N#CC1CCC(c2ccccc2O)NC1. The maximum atomic E-state index is 9.68. The molecule has 0 radical (unpaired) electrons. The first-order valence-electron chi connectivity index (χ1n) is 5.22. The number of rotatable bonds is 1. The highest BCUT2D eigenvalue weighted by Gasteiger charge is 2.22. The van der Waals surface area contributed by atoms with Crippen molar-refractivity contribution < 1.29 is 5.11 Å². The molecule has 2 N–H and O–H groups in total. The summed E-state index contributed by atoms with van der Waals surface area (Å²) in [6, 6.07) is 9.83. The van der Waals surface area contributed by atoms with Crippen molar-refractivity contribution in [2.24, 2.45) is 5.92 Å². The number of nitrogens with one attached hydrogen (secondary N) is 1. The molecule has 0 aromatic heterocycles. The van der Waals surface area contributed by atoms with E-state index in [0.29, 0.717) is 5.75 Å². The number of nitriles is 1. The highest BCUT2D eigenvalue weighted by Crippen LogP contribution is 2.30. The summed E-state index contributed by atoms with van der Waals surface area (Å²) in [6.07, 6.45) is 1.82. The van der Waals surface area contributed by atoms with Gasteiger partial charge in [-0.1, -0.05) is 18.2 Å². The van der Waals surface area contributed by atoms with Crippen LogP contribution in [0.25, 0.3) is 0 Å². The molecule has 1 aliphatic rings. The Hall–Kier alpha value is -1.53. The monoisotopic (exact) mass is 202 g/mol. The quantitative estimate of drug-likeness (QED) is 0.731. The second kappa shape index (κ2) is 4.33. The van der Waals surface area contributed by atoms with Crippen LogP contribution in [0.4, 0.5) is 0 Å². The first-order chi connectivity index (χ1) is 7.31. The molecule has 0 saturated carbocycles. The van der Waals surface area contributed by atoms with Crippen molar-refractivity contribution in [1.29, 1.82) is 5.26 Å². The number of hydrogen-bond donors (Lipinski definition) is 2. The standard InChI is InChI=1S/C12H14N2O/c13-7-9-5-6-11(14-8-9)10-3-1-2-4-12(10)15/h1-4,9,11,14-15H,5-6,8H2. The number of phenols is 1. The van der Waals surface area contributed by atoms with Crippen molar-refractivity contribution in [2.45, 2.75) is 18.9 Å². The number of para-hydroxylation sites is 1. The van der Waals surface area contributed by atoms with Gasteiger partial charge in [0.05, 0.1) is 12.0 Å². The fourth-order valence-corrected chi connectivity index (χ4v) is 2.01. The Bertz CT molecular complexity index is 375. The van der Waals surface area contributed by atoms with Crippen molar-refractivity contribution >= 4 is 0 Å². The van der Waals surface area contributed by atoms with E-state index in [4.69, 9.17) is 5.26 Å². The van der Waals surface area contributed by atoms with Gasteiger partial charge in [0.2, 0.25) is 0 Å². The molecule has 1 aromatic rings. The number of phenolic OH excluding ortho intramolecular Hbond substituents is 1. The first kappa shape index (κ1) is 10.0. The number of nitrogens with zero attached hydrogens (tertiary/aromatic N) is 1. The molecule has 0 aliphatic carbocycles. The molecule has 78 valence electrons. The van der Waals surface area contributed by atoms with Crippen LogP contribution in [0, 0.1) is 17.2 Å². The molecular weight excluding hydrogens is 188 g/mol. The summed E-state index contributed by atoms with van der Waals surface area (Å²) >= 11 is 0. The lowest BCUT2D eigenvalue weighted by Crippen LogP contribution is -2.32. The predicted octanol–water partition coefficient (Wildman–Crippen LogP) is 1.96. The Morgan fingerprint density at radius 1 is 1.33 bits per heavy atom.